The maximum atomic E-state index is 4.42. The number of rotatable bonds is 2. The van der Waals surface area contributed by atoms with Crippen LogP contribution in [-0.4, -0.2) is 22.5 Å². The topological polar surface area (TPSA) is 25.8 Å². The second-order valence-corrected chi connectivity index (χ2v) is 5.46. The normalized spacial score (nSPS) is 10.3. The molecule has 0 saturated carbocycles. The van der Waals surface area contributed by atoms with Crippen molar-refractivity contribution in [3.8, 4) is 0 Å². The van der Waals surface area contributed by atoms with Gasteiger partial charge in [-0.1, -0.05) is 0 Å². The molecule has 1 aromatic rings. The van der Waals surface area contributed by atoms with Crippen LogP contribution in [0.3, 0.4) is 0 Å². The molecule has 1 aromatic heterocycles. The van der Waals surface area contributed by atoms with Crippen molar-refractivity contribution < 1.29 is 0 Å². The minimum Gasteiger partial charge on any atom is -0.230 e. The second-order valence-electron chi connectivity index (χ2n) is 1.82. The van der Waals surface area contributed by atoms with Crippen molar-refractivity contribution in [2.24, 2.45) is 0 Å². The number of halogens is 2. The Morgan fingerprint density at radius 2 is 1.25 bits per heavy atom. The molecule has 0 spiro atoms. The van der Waals surface area contributed by atoms with Crippen LogP contribution in [0.1, 0.15) is 0 Å². The number of thioether (sulfide) groups is 2. The van der Waals surface area contributed by atoms with E-state index in [2.05, 4.69) is 55.1 Å². The Bertz CT molecular complexity index is 263. The minimum atomic E-state index is 0.991. The maximum absolute atomic E-state index is 4.42. The van der Waals surface area contributed by atoms with E-state index in [0.717, 1.165) is 17.5 Å². The molecule has 0 radical (unpaired) electrons. The molecule has 1 heterocycles. The molecule has 6 heteroatoms. The number of hydrogen-bond acceptors (Lipinski definition) is 4. The average molecular weight is 424 g/mol. The second kappa shape index (κ2) is 5.20. The van der Waals surface area contributed by atoms with Crippen LogP contribution in [0.25, 0.3) is 0 Å². The van der Waals surface area contributed by atoms with E-state index in [0.29, 0.717) is 0 Å². The third-order valence-corrected chi connectivity index (χ3v) is 4.72. The highest BCUT2D eigenvalue weighted by molar-refractivity contribution is 14.1. The fraction of sp³-hybridized carbons (Fsp3) is 0.333. The molecule has 0 bridgehead atoms. The van der Waals surface area contributed by atoms with Crippen molar-refractivity contribution in [2.45, 2.75) is 10.1 Å². The van der Waals surface area contributed by atoms with E-state index in [1.165, 1.54) is 0 Å². The van der Waals surface area contributed by atoms with Gasteiger partial charge in [-0.05, 0) is 57.7 Å². The molecule has 0 fully saturated rings. The molecule has 1 rings (SSSR count). The van der Waals surface area contributed by atoms with Gasteiger partial charge in [0, 0.05) is 0 Å². The van der Waals surface area contributed by atoms with E-state index in [1.54, 1.807) is 23.5 Å². The molecule has 0 aliphatic rings. The van der Waals surface area contributed by atoms with Gasteiger partial charge in [-0.25, -0.2) is 9.97 Å². The standard InChI is InChI=1S/C6H6I2N2S2/c1-11-5-3(7)10-6(12-2)4(8)9-5/h1-2H3. The maximum Gasteiger partial charge on any atom is 0.134 e. The Hall–Kier alpha value is 1.24. The van der Waals surface area contributed by atoms with Crippen molar-refractivity contribution in [3.05, 3.63) is 7.40 Å². The molecular weight excluding hydrogens is 418 g/mol. The third kappa shape index (κ3) is 2.61. The molecule has 0 atom stereocenters. The first-order chi connectivity index (χ1) is 5.69. The molecule has 0 aromatic carbocycles. The van der Waals surface area contributed by atoms with Gasteiger partial charge >= 0.3 is 0 Å². The molecule has 0 aliphatic heterocycles. The summed E-state index contributed by atoms with van der Waals surface area (Å²) in [7, 11) is 0. The summed E-state index contributed by atoms with van der Waals surface area (Å²) in [6.45, 7) is 0. The first kappa shape index (κ1) is 11.3. The van der Waals surface area contributed by atoms with E-state index in [4.69, 9.17) is 0 Å². The molecule has 2 nitrogen and oxygen atoms in total. The van der Waals surface area contributed by atoms with Crippen molar-refractivity contribution in [1.29, 1.82) is 0 Å². The van der Waals surface area contributed by atoms with Crippen LogP contribution < -0.4 is 0 Å². The Labute approximate surface area is 107 Å². The van der Waals surface area contributed by atoms with Crippen LogP contribution in [0.2, 0.25) is 0 Å². The van der Waals surface area contributed by atoms with E-state index in [-0.39, 0.29) is 0 Å². The van der Waals surface area contributed by atoms with E-state index >= 15 is 0 Å². The SMILES string of the molecule is CSc1nc(I)c(SC)nc1I. The molecule has 0 N–H and O–H groups in total. The van der Waals surface area contributed by atoms with Crippen molar-refractivity contribution in [2.75, 3.05) is 12.5 Å². The Morgan fingerprint density at radius 1 is 0.917 bits per heavy atom. The average Bonchev–Trinajstić information content (AvgIpc) is 2.08. The van der Waals surface area contributed by atoms with E-state index < -0.39 is 0 Å². The van der Waals surface area contributed by atoms with Gasteiger partial charge in [0.15, 0.2) is 0 Å². The summed E-state index contributed by atoms with van der Waals surface area (Å²) in [4.78, 5) is 8.84. The third-order valence-electron chi connectivity index (χ3n) is 1.14. The number of hydrogen-bond donors (Lipinski definition) is 0. The first-order valence-corrected chi connectivity index (χ1v) is 7.60. The summed E-state index contributed by atoms with van der Waals surface area (Å²) in [6, 6.07) is 0. The van der Waals surface area contributed by atoms with E-state index in [9.17, 15) is 0 Å². The largest absolute Gasteiger partial charge is 0.230 e. The number of aromatic nitrogens is 2. The van der Waals surface area contributed by atoms with Crippen molar-refractivity contribution in [1.82, 2.24) is 9.97 Å². The van der Waals surface area contributed by atoms with Gasteiger partial charge in [0.05, 0.1) is 0 Å². The highest BCUT2D eigenvalue weighted by atomic mass is 127. The molecular formula is C6H6I2N2S2. The van der Waals surface area contributed by atoms with Gasteiger partial charge in [0.25, 0.3) is 0 Å². The predicted octanol–water partition coefficient (Wildman–Crippen LogP) is 3.13. The summed E-state index contributed by atoms with van der Waals surface area (Å²) >= 11 is 7.70. The molecule has 0 aliphatic carbocycles. The van der Waals surface area contributed by atoms with Crippen LogP contribution >= 0.6 is 68.7 Å². The van der Waals surface area contributed by atoms with Crippen LogP contribution in [0.4, 0.5) is 0 Å². The molecule has 0 amide bonds. The molecule has 66 valence electrons. The fourth-order valence-corrected chi connectivity index (χ4v) is 3.79. The van der Waals surface area contributed by atoms with Crippen LogP contribution in [0, 0.1) is 7.40 Å². The summed E-state index contributed by atoms with van der Waals surface area (Å²) in [5.41, 5.74) is 0. The Morgan fingerprint density at radius 3 is 1.50 bits per heavy atom. The summed E-state index contributed by atoms with van der Waals surface area (Å²) in [6.07, 6.45) is 4.03. The minimum absolute atomic E-state index is 0.991. The highest BCUT2D eigenvalue weighted by Gasteiger charge is 2.07. The summed E-state index contributed by atoms with van der Waals surface area (Å²) in [5, 5.41) is 2.02. The molecule has 0 unspecified atom stereocenters. The van der Waals surface area contributed by atoms with Crippen LogP contribution in [0.15, 0.2) is 10.1 Å². The van der Waals surface area contributed by atoms with Gasteiger partial charge in [0.2, 0.25) is 0 Å². The monoisotopic (exact) mass is 424 g/mol. The number of nitrogens with zero attached hydrogens (tertiary/aromatic N) is 2. The predicted molar refractivity (Wildman–Crippen MR) is 71.0 cm³/mol. The summed E-state index contributed by atoms with van der Waals surface area (Å²) in [5.74, 6) is 0. The van der Waals surface area contributed by atoms with Crippen LogP contribution in [-0.2, 0) is 0 Å². The first-order valence-electron chi connectivity index (χ1n) is 3.00. The van der Waals surface area contributed by atoms with Gasteiger partial charge in [-0.2, -0.15) is 0 Å². The zero-order valence-electron chi connectivity index (χ0n) is 6.47. The van der Waals surface area contributed by atoms with Crippen molar-refractivity contribution >= 4 is 68.7 Å². The zero-order chi connectivity index (χ0) is 9.14. The van der Waals surface area contributed by atoms with Gasteiger partial charge in [-0.15, -0.1) is 23.5 Å². The Balaban J connectivity index is 3.16. The van der Waals surface area contributed by atoms with Gasteiger partial charge in [-0.3, -0.25) is 0 Å². The highest BCUT2D eigenvalue weighted by Crippen LogP contribution is 2.24. The van der Waals surface area contributed by atoms with E-state index in [1.807, 2.05) is 12.5 Å². The fourth-order valence-electron chi connectivity index (χ4n) is 0.626. The van der Waals surface area contributed by atoms with Gasteiger partial charge < -0.3 is 0 Å². The lowest BCUT2D eigenvalue weighted by atomic mass is 10.8. The lowest BCUT2D eigenvalue weighted by Gasteiger charge is -2.03. The zero-order valence-corrected chi connectivity index (χ0v) is 12.4. The molecule has 12 heavy (non-hydrogen) atoms. The smallest absolute Gasteiger partial charge is 0.134 e. The quantitative estimate of drug-likeness (QED) is 0.539. The lowest BCUT2D eigenvalue weighted by Crippen LogP contribution is -1.96. The Kier molecular flexibility index (Phi) is 4.91. The lowest BCUT2D eigenvalue weighted by molar-refractivity contribution is 0.903. The summed E-state index contributed by atoms with van der Waals surface area (Å²) < 4.78 is 1.98. The van der Waals surface area contributed by atoms with Crippen molar-refractivity contribution in [3.63, 3.8) is 0 Å². The van der Waals surface area contributed by atoms with Crippen LogP contribution in [0.5, 0.6) is 0 Å². The molecule has 0 saturated heterocycles. The van der Waals surface area contributed by atoms with Gasteiger partial charge in [0.1, 0.15) is 17.5 Å².